The summed E-state index contributed by atoms with van der Waals surface area (Å²) in [6.07, 6.45) is 1.47. The summed E-state index contributed by atoms with van der Waals surface area (Å²) in [7, 11) is 0. The SMILES string of the molecule is Cc1ccccc1C1(C(=O)N2C[C@@H](N)[C@H](c3ccccc3)C2)CCOCC1.Cl. The zero-order valence-electron chi connectivity index (χ0n) is 16.3. The van der Waals surface area contributed by atoms with Gasteiger partial charge in [0.25, 0.3) is 0 Å². The number of likely N-dealkylation sites (tertiary alicyclic amines) is 1. The van der Waals surface area contributed by atoms with Crippen molar-refractivity contribution in [1.29, 1.82) is 0 Å². The quantitative estimate of drug-likeness (QED) is 0.858. The molecule has 2 aliphatic rings. The first-order valence-electron chi connectivity index (χ1n) is 9.85. The molecule has 0 unspecified atom stereocenters. The van der Waals surface area contributed by atoms with E-state index in [9.17, 15) is 4.79 Å². The molecule has 0 saturated carbocycles. The van der Waals surface area contributed by atoms with E-state index >= 15 is 0 Å². The largest absolute Gasteiger partial charge is 0.381 e. The number of halogens is 1. The summed E-state index contributed by atoms with van der Waals surface area (Å²) in [5, 5.41) is 0. The summed E-state index contributed by atoms with van der Waals surface area (Å²) < 4.78 is 5.62. The molecule has 2 N–H and O–H groups in total. The van der Waals surface area contributed by atoms with Crippen molar-refractivity contribution in [2.24, 2.45) is 5.73 Å². The molecule has 2 fully saturated rings. The summed E-state index contributed by atoms with van der Waals surface area (Å²) in [5.74, 6) is 0.415. The summed E-state index contributed by atoms with van der Waals surface area (Å²) in [4.78, 5) is 15.8. The fourth-order valence-electron chi connectivity index (χ4n) is 4.78. The molecule has 2 saturated heterocycles. The predicted octanol–water partition coefficient (Wildman–Crippen LogP) is 3.42. The number of benzene rings is 2. The molecule has 28 heavy (non-hydrogen) atoms. The lowest BCUT2D eigenvalue weighted by Crippen LogP contribution is -2.50. The molecule has 2 atom stereocenters. The van der Waals surface area contributed by atoms with E-state index in [4.69, 9.17) is 10.5 Å². The number of nitrogens with zero attached hydrogens (tertiary/aromatic N) is 1. The summed E-state index contributed by atoms with van der Waals surface area (Å²) in [6, 6.07) is 18.6. The molecule has 2 aliphatic heterocycles. The van der Waals surface area contributed by atoms with Gasteiger partial charge in [-0.2, -0.15) is 0 Å². The van der Waals surface area contributed by atoms with E-state index in [1.165, 1.54) is 11.1 Å². The van der Waals surface area contributed by atoms with Crippen LogP contribution in [0.2, 0.25) is 0 Å². The highest BCUT2D eigenvalue weighted by Gasteiger charge is 2.47. The molecular weight excluding hydrogens is 372 g/mol. The normalized spacial score (nSPS) is 23.9. The fourth-order valence-corrected chi connectivity index (χ4v) is 4.78. The van der Waals surface area contributed by atoms with Gasteiger partial charge in [0.2, 0.25) is 5.91 Å². The summed E-state index contributed by atoms with van der Waals surface area (Å²) in [5.41, 5.74) is 9.52. The Bertz CT molecular complexity index is 805. The molecule has 5 heteroatoms. The molecule has 150 valence electrons. The first-order valence-corrected chi connectivity index (χ1v) is 9.85. The van der Waals surface area contributed by atoms with Crippen LogP contribution in [0.15, 0.2) is 54.6 Å². The maximum Gasteiger partial charge on any atom is 0.233 e. The second-order valence-corrected chi connectivity index (χ2v) is 7.90. The molecule has 2 heterocycles. The second-order valence-electron chi connectivity index (χ2n) is 7.90. The van der Waals surface area contributed by atoms with Crippen LogP contribution in [0.5, 0.6) is 0 Å². The lowest BCUT2D eigenvalue weighted by Gasteiger charge is -2.40. The number of hydrogen-bond acceptors (Lipinski definition) is 3. The van der Waals surface area contributed by atoms with Crippen molar-refractivity contribution in [3.63, 3.8) is 0 Å². The highest BCUT2D eigenvalue weighted by Crippen LogP contribution is 2.40. The van der Waals surface area contributed by atoms with Crippen LogP contribution in [0.1, 0.15) is 35.4 Å². The van der Waals surface area contributed by atoms with Crippen LogP contribution < -0.4 is 5.73 Å². The number of carbonyl (C=O) groups excluding carboxylic acids is 1. The van der Waals surface area contributed by atoms with Crippen molar-refractivity contribution in [1.82, 2.24) is 4.90 Å². The Morgan fingerprint density at radius 1 is 1.04 bits per heavy atom. The van der Waals surface area contributed by atoms with Crippen molar-refractivity contribution >= 4 is 18.3 Å². The van der Waals surface area contributed by atoms with E-state index in [-0.39, 0.29) is 30.3 Å². The fraction of sp³-hybridized carbons (Fsp3) is 0.435. The van der Waals surface area contributed by atoms with E-state index in [1.807, 2.05) is 35.2 Å². The molecule has 0 bridgehead atoms. The standard InChI is InChI=1S/C23H28N2O2.ClH/c1-17-7-5-6-10-20(17)23(11-13-27-14-12-23)22(26)25-15-19(21(24)16-25)18-8-3-2-4-9-18;/h2-10,19,21H,11-16,24H2,1H3;1H/t19-,21+;/m0./s1. The lowest BCUT2D eigenvalue weighted by molar-refractivity contribution is -0.140. The predicted molar refractivity (Wildman–Crippen MR) is 114 cm³/mol. The monoisotopic (exact) mass is 400 g/mol. The van der Waals surface area contributed by atoms with E-state index in [0.717, 1.165) is 18.4 Å². The molecule has 0 radical (unpaired) electrons. The molecule has 2 aromatic carbocycles. The van der Waals surface area contributed by atoms with Crippen molar-refractivity contribution < 1.29 is 9.53 Å². The van der Waals surface area contributed by atoms with Crippen LogP contribution >= 0.6 is 12.4 Å². The highest BCUT2D eigenvalue weighted by molar-refractivity contribution is 5.89. The third-order valence-corrected chi connectivity index (χ3v) is 6.30. The molecular formula is C23H29ClN2O2. The zero-order chi connectivity index (χ0) is 18.9. The average molecular weight is 401 g/mol. The van der Waals surface area contributed by atoms with Gasteiger partial charge in [-0.3, -0.25) is 4.79 Å². The third-order valence-electron chi connectivity index (χ3n) is 6.30. The summed E-state index contributed by atoms with van der Waals surface area (Å²) in [6.45, 7) is 4.66. The molecule has 0 spiro atoms. The molecule has 0 aliphatic carbocycles. The zero-order valence-corrected chi connectivity index (χ0v) is 17.2. The van der Waals surface area contributed by atoms with Gasteiger partial charge in [-0.05, 0) is 36.5 Å². The number of nitrogens with two attached hydrogens (primary N) is 1. The number of amides is 1. The number of hydrogen-bond donors (Lipinski definition) is 1. The van der Waals surface area contributed by atoms with Crippen LogP contribution in [-0.4, -0.2) is 43.2 Å². The number of rotatable bonds is 3. The van der Waals surface area contributed by atoms with Gasteiger partial charge in [-0.25, -0.2) is 0 Å². The number of ether oxygens (including phenoxy) is 1. The van der Waals surface area contributed by atoms with Crippen molar-refractivity contribution in [3.05, 3.63) is 71.3 Å². The number of carbonyl (C=O) groups is 1. The Morgan fingerprint density at radius 2 is 1.68 bits per heavy atom. The molecule has 0 aromatic heterocycles. The Labute approximate surface area is 173 Å². The van der Waals surface area contributed by atoms with Crippen molar-refractivity contribution in [3.8, 4) is 0 Å². The number of aryl methyl sites for hydroxylation is 1. The lowest BCUT2D eigenvalue weighted by atomic mass is 9.71. The maximum absolute atomic E-state index is 13.8. The average Bonchev–Trinajstić information content (AvgIpc) is 3.10. The van der Waals surface area contributed by atoms with Crippen LogP contribution in [0.25, 0.3) is 0 Å². The molecule has 4 nitrogen and oxygen atoms in total. The summed E-state index contributed by atoms with van der Waals surface area (Å²) >= 11 is 0. The van der Waals surface area contributed by atoms with Crippen LogP contribution in [0.4, 0.5) is 0 Å². The van der Waals surface area contributed by atoms with Crippen LogP contribution in [0, 0.1) is 6.92 Å². The second kappa shape index (κ2) is 8.64. The Kier molecular flexibility index (Phi) is 6.43. The molecule has 2 aromatic rings. The van der Waals surface area contributed by atoms with Gasteiger partial charge in [0.1, 0.15) is 0 Å². The van der Waals surface area contributed by atoms with E-state index in [2.05, 4.69) is 31.2 Å². The minimum Gasteiger partial charge on any atom is -0.381 e. The molecule has 1 amide bonds. The van der Waals surface area contributed by atoms with Gasteiger partial charge in [-0.15, -0.1) is 12.4 Å². The Balaban J connectivity index is 0.00000225. The topological polar surface area (TPSA) is 55.6 Å². The van der Waals surface area contributed by atoms with Gasteiger partial charge in [0.15, 0.2) is 0 Å². The first-order chi connectivity index (χ1) is 13.1. The van der Waals surface area contributed by atoms with Gasteiger partial charge >= 0.3 is 0 Å². The minimum absolute atomic E-state index is 0. The van der Waals surface area contributed by atoms with E-state index in [1.54, 1.807) is 0 Å². The third kappa shape index (κ3) is 3.69. The highest BCUT2D eigenvalue weighted by atomic mass is 35.5. The van der Waals surface area contributed by atoms with Crippen LogP contribution in [-0.2, 0) is 14.9 Å². The molecule has 4 rings (SSSR count). The van der Waals surface area contributed by atoms with Gasteiger partial charge in [0, 0.05) is 38.3 Å². The first kappa shape index (κ1) is 20.8. The van der Waals surface area contributed by atoms with Gasteiger partial charge < -0.3 is 15.4 Å². The maximum atomic E-state index is 13.8. The van der Waals surface area contributed by atoms with E-state index in [0.29, 0.717) is 26.3 Å². The van der Waals surface area contributed by atoms with Crippen molar-refractivity contribution in [2.75, 3.05) is 26.3 Å². The van der Waals surface area contributed by atoms with Crippen molar-refractivity contribution in [2.45, 2.75) is 37.1 Å². The van der Waals surface area contributed by atoms with Gasteiger partial charge in [-0.1, -0.05) is 54.6 Å². The smallest absolute Gasteiger partial charge is 0.233 e. The van der Waals surface area contributed by atoms with Crippen LogP contribution in [0.3, 0.4) is 0 Å². The van der Waals surface area contributed by atoms with E-state index < -0.39 is 5.41 Å². The Hall–Kier alpha value is -1.88. The van der Waals surface area contributed by atoms with Gasteiger partial charge in [0.05, 0.1) is 5.41 Å². The minimum atomic E-state index is -0.491. The Morgan fingerprint density at radius 3 is 2.36 bits per heavy atom.